The molecule has 0 atom stereocenters. The maximum Gasteiger partial charge on any atom is 0.205 e. The molecule has 0 saturated heterocycles. The molecule has 1 aliphatic rings. The summed E-state index contributed by atoms with van der Waals surface area (Å²) in [6.45, 7) is 0. The molecule has 3 rings (SSSR count). The van der Waals surface area contributed by atoms with Gasteiger partial charge in [0.25, 0.3) is 0 Å². The molecule has 1 nitrogen and oxygen atoms in total. The van der Waals surface area contributed by atoms with E-state index in [1.165, 1.54) is 6.07 Å². The van der Waals surface area contributed by atoms with Gasteiger partial charge in [-0.2, -0.15) is 4.39 Å². The lowest BCUT2D eigenvalue weighted by Crippen LogP contribution is -2.06. The van der Waals surface area contributed by atoms with Crippen LogP contribution in [0.2, 0.25) is 0 Å². The van der Waals surface area contributed by atoms with Gasteiger partial charge in [-0.3, -0.25) is 0 Å². The average Bonchev–Trinajstić information content (AvgIpc) is 2.41. The highest BCUT2D eigenvalue weighted by molar-refractivity contribution is 7.99. The van der Waals surface area contributed by atoms with E-state index in [0.29, 0.717) is 11.8 Å². The topological polar surface area (TPSA) is 9.23 Å². The molecule has 0 amide bonds. The highest BCUT2D eigenvalue weighted by Crippen LogP contribution is 2.50. The van der Waals surface area contributed by atoms with Gasteiger partial charge in [0.05, 0.1) is 9.79 Å². The Morgan fingerprint density at radius 1 is 0.842 bits per heavy atom. The molecule has 2 aromatic carbocycles. The van der Waals surface area contributed by atoms with Crippen LogP contribution in [0, 0.1) is 29.1 Å². The van der Waals surface area contributed by atoms with E-state index in [2.05, 4.69) is 0 Å². The van der Waals surface area contributed by atoms with E-state index < -0.39 is 39.7 Å². The van der Waals surface area contributed by atoms with Crippen molar-refractivity contribution < 1.29 is 26.7 Å². The number of ether oxygens (including phenoxy) is 1. The highest BCUT2D eigenvalue weighted by Gasteiger charge is 2.31. The number of fused-ring (bicyclic) bond motifs is 2. The van der Waals surface area contributed by atoms with Gasteiger partial charge < -0.3 is 4.74 Å². The van der Waals surface area contributed by atoms with E-state index in [1.54, 1.807) is 0 Å². The maximum atomic E-state index is 13.5. The zero-order valence-corrected chi connectivity index (χ0v) is 9.75. The van der Waals surface area contributed by atoms with Gasteiger partial charge in [-0.15, -0.1) is 0 Å². The summed E-state index contributed by atoms with van der Waals surface area (Å²) in [5, 5.41) is 0. The molecule has 0 bridgehead atoms. The Balaban J connectivity index is 2.23. The molecule has 0 radical (unpaired) electrons. The summed E-state index contributed by atoms with van der Waals surface area (Å²) in [6, 6.07) is 3.28. The van der Waals surface area contributed by atoms with Crippen molar-refractivity contribution in [2.24, 2.45) is 0 Å². The summed E-state index contributed by atoms with van der Waals surface area (Å²) in [4.78, 5) is -0.397. The molecule has 0 aliphatic carbocycles. The Bertz CT molecular complexity index is 701. The van der Waals surface area contributed by atoms with Crippen molar-refractivity contribution in [3.63, 3.8) is 0 Å². The minimum Gasteiger partial charge on any atom is -0.452 e. The minimum atomic E-state index is -1.94. The Labute approximate surface area is 108 Å². The quantitative estimate of drug-likeness (QED) is 0.339. The molecule has 98 valence electrons. The lowest BCUT2D eigenvalue weighted by Gasteiger charge is -2.20. The standard InChI is InChI=1S/C12H3F5OS/c13-4-1-2-5-6(3-4)19-12-10(17)8(15)7(14)9(16)11(12)18-5/h1-3H. The van der Waals surface area contributed by atoms with Crippen LogP contribution in [0.15, 0.2) is 28.0 Å². The van der Waals surface area contributed by atoms with Crippen molar-refractivity contribution in [3.8, 4) is 11.5 Å². The SMILES string of the molecule is Fc1ccc2c(c1)Sc1c(F)c(F)c(F)c(F)c1O2. The van der Waals surface area contributed by atoms with Gasteiger partial charge in [0.1, 0.15) is 11.6 Å². The monoisotopic (exact) mass is 290 g/mol. The molecule has 0 fully saturated rings. The van der Waals surface area contributed by atoms with E-state index in [-0.39, 0.29) is 10.6 Å². The normalized spacial score (nSPS) is 12.7. The average molecular weight is 290 g/mol. The van der Waals surface area contributed by atoms with Crippen LogP contribution in [0.5, 0.6) is 11.5 Å². The highest BCUT2D eigenvalue weighted by atomic mass is 32.2. The van der Waals surface area contributed by atoms with Crippen LogP contribution >= 0.6 is 11.8 Å². The molecule has 1 heterocycles. The smallest absolute Gasteiger partial charge is 0.205 e. The molecule has 0 saturated carbocycles. The van der Waals surface area contributed by atoms with E-state index in [4.69, 9.17) is 4.74 Å². The Morgan fingerprint density at radius 2 is 1.53 bits per heavy atom. The van der Waals surface area contributed by atoms with Crippen LogP contribution in [-0.2, 0) is 0 Å². The van der Waals surface area contributed by atoms with Gasteiger partial charge in [-0.1, -0.05) is 11.8 Å². The van der Waals surface area contributed by atoms with Crippen LogP contribution in [-0.4, -0.2) is 0 Å². The van der Waals surface area contributed by atoms with Gasteiger partial charge in [0, 0.05) is 0 Å². The summed E-state index contributed by atoms with van der Waals surface area (Å²) >= 11 is 0.574. The van der Waals surface area contributed by atoms with E-state index in [9.17, 15) is 22.0 Å². The second-order valence-corrected chi connectivity index (χ2v) is 4.76. The van der Waals surface area contributed by atoms with Crippen LogP contribution in [0.25, 0.3) is 0 Å². The molecule has 2 aromatic rings. The lowest BCUT2D eigenvalue weighted by atomic mass is 10.2. The van der Waals surface area contributed by atoms with E-state index in [1.807, 2.05) is 0 Å². The van der Waals surface area contributed by atoms with Crippen molar-refractivity contribution >= 4 is 11.8 Å². The Kier molecular flexibility index (Phi) is 2.67. The van der Waals surface area contributed by atoms with Crippen molar-refractivity contribution in [1.82, 2.24) is 0 Å². The van der Waals surface area contributed by atoms with E-state index in [0.717, 1.165) is 12.1 Å². The number of benzene rings is 2. The number of hydrogen-bond donors (Lipinski definition) is 0. The minimum absolute atomic E-state index is 0.0446. The second kappa shape index (κ2) is 4.12. The number of hydrogen-bond acceptors (Lipinski definition) is 2. The predicted molar refractivity (Wildman–Crippen MR) is 56.9 cm³/mol. The molecule has 19 heavy (non-hydrogen) atoms. The summed E-state index contributed by atoms with van der Waals surface area (Å²) < 4.78 is 71.2. The summed E-state index contributed by atoms with van der Waals surface area (Å²) in [5.74, 6) is -8.34. The van der Waals surface area contributed by atoms with Gasteiger partial charge in [0.2, 0.25) is 11.6 Å². The molecular formula is C12H3F5OS. The zero-order valence-electron chi connectivity index (χ0n) is 8.94. The summed E-state index contributed by atoms with van der Waals surface area (Å²) in [6.07, 6.45) is 0. The Morgan fingerprint density at radius 3 is 2.26 bits per heavy atom. The first-order chi connectivity index (χ1) is 8.99. The first kappa shape index (κ1) is 12.3. The van der Waals surface area contributed by atoms with Crippen LogP contribution < -0.4 is 4.74 Å². The van der Waals surface area contributed by atoms with Crippen molar-refractivity contribution in [1.29, 1.82) is 0 Å². The van der Waals surface area contributed by atoms with E-state index >= 15 is 0 Å². The van der Waals surface area contributed by atoms with Crippen molar-refractivity contribution in [2.75, 3.05) is 0 Å². The fourth-order valence-electron chi connectivity index (χ4n) is 1.64. The molecule has 1 aliphatic heterocycles. The fourth-order valence-corrected chi connectivity index (χ4v) is 2.64. The molecular weight excluding hydrogens is 287 g/mol. The number of rotatable bonds is 0. The van der Waals surface area contributed by atoms with Gasteiger partial charge in [0.15, 0.2) is 17.4 Å². The van der Waals surface area contributed by atoms with Gasteiger partial charge in [-0.05, 0) is 18.2 Å². The number of halogens is 5. The molecule has 0 N–H and O–H groups in total. The largest absolute Gasteiger partial charge is 0.452 e. The molecule has 7 heteroatoms. The van der Waals surface area contributed by atoms with Gasteiger partial charge >= 0.3 is 0 Å². The third kappa shape index (κ3) is 1.76. The van der Waals surface area contributed by atoms with Crippen LogP contribution in [0.1, 0.15) is 0 Å². The van der Waals surface area contributed by atoms with Crippen molar-refractivity contribution in [3.05, 3.63) is 47.3 Å². The van der Waals surface area contributed by atoms with Crippen LogP contribution in [0.3, 0.4) is 0 Å². The van der Waals surface area contributed by atoms with Crippen molar-refractivity contribution in [2.45, 2.75) is 9.79 Å². The molecule has 0 spiro atoms. The third-order valence-corrected chi connectivity index (χ3v) is 3.62. The second-order valence-electron chi connectivity index (χ2n) is 3.71. The first-order valence-electron chi connectivity index (χ1n) is 5.00. The predicted octanol–water partition coefficient (Wildman–Crippen LogP) is 4.64. The van der Waals surface area contributed by atoms with Gasteiger partial charge in [-0.25, -0.2) is 17.6 Å². The summed E-state index contributed by atoms with van der Waals surface area (Å²) in [5.41, 5.74) is 0. The Hall–Kier alpha value is -1.76. The summed E-state index contributed by atoms with van der Waals surface area (Å²) in [7, 11) is 0. The molecule has 0 unspecified atom stereocenters. The third-order valence-electron chi connectivity index (χ3n) is 2.51. The maximum absolute atomic E-state index is 13.5. The van der Waals surface area contributed by atoms with Crippen LogP contribution in [0.4, 0.5) is 22.0 Å². The lowest BCUT2D eigenvalue weighted by molar-refractivity contribution is 0.348. The zero-order chi connectivity index (χ0) is 13.7. The first-order valence-corrected chi connectivity index (χ1v) is 5.82. The molecule has 0 aromatic heterocycles. The fraction of sp³-hybridized carbons (Fsp3) is 0.